The number of aromatic nitrogens is 1. The minimum absolute atomic E-state index is 0.000881. The van der Waals surface area contributed by atoms with Gasteiger partial charge >= 0.3 is 0 Å². The van der Waals surface area contributed by atoms with Crippen molar-refractivity contribution in [3.05, 3.63) is 46.0 Å². The number of benzene rings is 1. The number of hydrogen-bond donors (Lipinski definition) is 2. The molecule has 1 heterocycles. The van der Waals surface area contributed by atoms with Gasteiger partial charge in [-0.15, -0.1) is 0 Å². The maximum absolute atomic E-state index is 10.7. The number of ether oxygens (including phenoxy) is 1. The molecule has 7 nitrogen and oxygen atoms in total. The number of aromatic hydroxyl groups is 2. The third-order valence-electron chi connectivity index (χ3n) is 5.23. The van der Waals surface area contributed by atoms with Crippen LogP contribution in [-0.4, -0.2) is 26.3 Å². The smallest absolute Gasteiger partial charge is 0.269 e. The number of hydrogen-bond acceptors (Lipinski definition) is 5. The van der Waals surface area contributed by atoms with Crippen LogP contribution in [0.1, 0.15) is 59.9 Å². The van der Waals surface area contributed by atoms with Crippen molar-refractivity contribution in [3.63, 3.8) is 0 Å². The maximum Gasteiger partial charge on any atom is 0.269 e. The molecule has 2 aromatic rings. The Labute approximate surface area is 184 Å². The van der Waals surface area contributed by atoms with E-state index in [1.165, 1.54) is 28.8 Å². The van der Waals surface area contributed by atoms with Gasteiger partial charge in [0, 0.05) is 23.8 Å². The van der Waals surface area contributed by atoms with Crippen molar-refractivity contribution in [1.29, 1.82) is 0 Å². The first-order chi connectivity index (χ1) is 14.3. The summed E-state index contributed by atoms with van der Waals surface area (Å²) in [5.41, 5.74) is 1.18. The molecule has 2 rings (SSSR count). The summed E-state index contributed by atoms with van der Waals surface area (Å²) in [7, 11) is 0. The predicted octanol–water partition coefficient (Wildman–Crippen LogP) is 5.92. The highest BCUT2D eigenvalue weighted by Crippen LogP contribution is 2.39. The monoisotopic (exact) mass is 432 g/mol. The number of nitrogens with zero attached hydrogens (tertiary/aromatic N) is 2. The summed E-state index contributed by atoms with van der Waals surface area (Å²) in [6.07, 6.45) is 2.82. The average molecular weight is 433 g/mol. The molecule has 0 radical (unpaired) electrons. The molecule has 0 saturated heterocycles. The Morgan fingerprint density at radius 2 is 1.74 bits per heavy atom. The summed E-state index contributed by atoms with van der Waals surface area (Å²) in [4.78, 5) is 10.2. The Hall–Kier alpha value is -2.70. The molecule has 2 N–H and O–H groups in total. The van der Waals surface area contributed by atoms with Crippen LogP contribution in [0.5, 0.6) is 17.5 Å². The lowest BCUT2D eigenvalue weighted by atomic mass is 9.71. The third kappa shape index (κ3) is 7.49. The van der Waals surface area contributed by atoms with Gasteiger partial charge in [-0.1, -0.05) is 41.5 Å². The van der Waals surface area contributed by atoms with E-state index in [2.05, 4.69) is 41.5 Å². The number of rotatable bonds is 10. The van der Waals surface area contributed by atoms with Crippen LogP contribution in [-0.2, 0) is 13.0 Å². The minimum Gasteiger partial charge on any atom is -0.494 e. The Balaban J connectivity index is 1.94. The van der Waals surface area contributed by atoms with E-state index in [4.69, 9.17) is 4.74 Å². The Bertz CT molecular complexity index is 879. The third-order valence-corrected chi connectivity index (χ3v) is 5.23. The summed E-state index contributed by atoms with van der Waals surface area (Å²) in [6, 6.07) is 7.43. The van der Waals surface area contributed by atoms with Crippen LogP contribution >= 0.6 is 0 Å². The number of non-ortho nitro benzene ring substituents is 1. The number of nitro benzene ring substituents is 1. The van der Waals surface area contributed by atoms with Gasteiger partial charge < -0.3 is 14.9 Å². The molecule has 31 heavy (non-hydrogen) atoms. The van der Waals surface area contributed by atoms with E-state index in [1.54, 1.807) is 6.07 Å². The molecule has 0 bridgehead atoms. The van der Waals surface area contributed by atoms with Gasteiger partial charge in [0.25, 0.3) is 5.69 Å². The van der Waals surface area contributed by atoms with Gasteiger partial charge in [0.05, 0.1) is 11.5 Å². The molecule has 0 amide bonds. The highest BCUT2D eigenvalue weighted by Gasteiger charge is 2.28. The molecule has 7 heteroatoms. The largest absolute Gasteiger partial charge is 0.494 e. The van der Waals surface area contributed by atoms with Crippen molar-refractivity contribution in [2.75, 3.05) is 6.61 Å². The first-order valence-electron chi connectivity index (χ1n) is 10.7. The van der Waals surface area contributed by atoms with Gasteiger partial charge in [0.15, 0.2) is 11.8 Å². The van der Waals surface area contributed by atoms with E-state index in [0.717, 1.165) is 18.4 Å². The predicted molar refractivity (Wildman–Crippen MR) is 122 cm³/mol. The Morgan fingerprint density at radius 1 is 1.13 bits per heavy atom. The molecule has 0 aliphatic carbocycles. The summed E-state index contributed by atoms with van der Waals surface area (Å²) in [5, 5.41) is 31.6. The van der Waals surface area contributed by atoms with Crippen molar-refractivity contribution in [1.82, 2.24) is 4.57 Å². The molecule has 1 aromatic carbocycles. The van der Waals surface area contributed by atoms with E-state index in [-0.39, 0.29) is 41.4 Å². The standard InChI is InChI=1S/C24H36N2O5/c1-17(15-24(5,6)16-23(2,3)4)13-18-14-21(27)25(22(18)28)11-12-31-20-9-7-19(8-10-20)26(29)30/h7-10,14,17,27-28H,11-13,15-16H2,1-6H3. The SMILES string of the molecule is CC(Cc1cc(O)n(CCOc2ccc([N+](=O)[O-])cc2)c1O)CC(C)(C)CC(C)(C)C. The van der Waals surface area contributed by atoms with Crippen molar-refractivity contribution < 1.29 is 19.9 Å². The summed E-state index contributed by atoms with van der Waals surface area (Å²) < 4.78 is 7.02. The zero-order valence-electron chi connectivity index (χ0n) is 19.5. The second kappa shape index (κ2) is 9.62. The van der Waals surface area contributed by atoms with E-state index < -0.39 is 4.92 Å². The molecule has 0 spiro atoms. The molecular weight excluding hydrogens is 396 g/mol. The van der Waals surface area contributed by atoms with Crippen LogP contribution in [0.25, 0.3) is 0 Å². The topological polar surface area (TPSA) is 97.8 Å². The fourth-order valence-corrected chi connectivity index (χ4v) is 4.77. The van der Waals surface area contributed by atoms with Gasteiger partial charge in [-0.2, -0.15) is 0 Å². The zero-order chi connectivity index (χ0) is 23.4. The zero-order valence-corrected chi connectivity index (χ0v) is 19.5. The van der Waals surface area contributed by atoms with E-state index in [9.17, 15) is 20.3 Å². The quantitative estimate of drug-likeness (QED) is 0.359. The van der Waals surface area contributed by atoms with Crippen LogP contribution in [0.2, 0.25) is 0 Å². The summed E-state index contributed by atoms with van der Waals surface area (Å²) in [5.74, 6) is 0.910. The van der Waals surface area contributed by atoms with Gasteiger partial charge in [-0.05, 0) is 48.1 Å². The molecule has 0 fully saturated rings. The molecule has 1 aromatic heterocycles. The molecular formula is C24H36N2O5. The normalized spacial score (nSPS) is 13.2. The van der Waals surface area contributed by atoms with Crippen LogP contribution in [0.3, 0.4) is 0 Å². The highest BCUT2D eigenvalue weighted by molar-refractivity contribution is 5.37. The van der Waals surface area contributed by atoms with Crippen molar-refractivity contribution in [2.24, 2.45) is 16.7 Å². The fraction of sp³-hybridized carbons (Fsp3) is 0.583. The molecule has 0 saturated carbocycles. The van der Waals surface area contributed by atoms with Crippen LogP contribution in [0.4, 0.5) is 5.69 Å². The first-order valence-corrected chi connectivity index (χ1v) is 10.7. The Kier molecular flexibility index (Phi) is 7.63. The second-order valence-electron chi connectivity index (χ2n) is 10.5. The lowest BCUT2D eigenvalue weighted by Gasteiger charge is -2.34. The number of nitro groups is 1. The van der Waals surface area contributed by atoms with Crippen LogP contribution < -0.4 is 4.74 Å². The summed E-state index contributed by atoms with van der Waals surface area (Å²) >= 11 is 0. The van der Waals surface area contributed by atoms with Crippen LogP contribution in [0.15, 0.2) is 30.3 Å². The van der Waals surface area contributed by atoms with Crippen molar-refractivity contribution in [2.45, 2.75) is 67.3 Å². The average Bonchev–Trinajstić information content (AvgIpc) is 2.86. The van der Waals surface area contributed by atoms with Crippen LogP contribution in [0, 0.1) is 26.9 Å². The lowest BCUT2D eigenvalue weighted by Crippen LogP contribution is -2.23. The highest BCUT2D eigenvalue weighted by atomic mass is 16.6. The van der Waals surface area contributed by atoms with E-state index in [1.807, 2.05) is 0 Å². The molecule has 172 valence electrons. The fourth-order valence-electron chi connectivity index (χ4n) is 4.77. The molecule has 0 aliphatic heterocycles. The molecule has 1 unspecified atom stereocenters. The van der Waals surface area contributed by atoms with Gasteiger partial charge in [0.2, 0.25) is 0 Å². The molecule has 0 aliphatic rings. The minimum atomic E-state index is -0.466. The lowest BCUT2D eigenvalue weighted by molar-refractivity contribution is -0.384. The molecule has 1 atom stereocenters. The van der Waals surface area contributed by atoms with Gasteiger partial charge in [0.1, 0.15) is 12.4 Å². The Morgan fingerprint density at radius 3 is 2.29 bits per heavy atom. The van der Waals surface area contributed by atoms with Crippen molar-refractivity contribution >= 4 is 5.69 Å². The maximum atomic E-state index is 10.7. The van der Waals surface area contributed by atoms with E-state index in [0.29, 0.717) is 18.1 Å². The first kappa shape index (κ1) is 24.6. The summed E-state index contributed by atoms with van der Waals surface area (Å²) in [6.45, 7) is 14.0. The van der Waals surface area contributed by atoms with Gasteiger partial charge in [-0.3, -0.25) is 14.7 Å². The van der Waals surface area contributed by atoms with Gasteiger partial charge in [-0.25, -0.2) is 0 Å². The van der Waals surface area contributed by atoms with E-state index >= 15 is 0 Å². The second-order valence-corrected chi connectivity index (χ2v) is 10.5. The van der Waals surface area contributed by atoms with Crippen molar-refractivity contribution in [3.8, 4) is 17.5 Å².